The number of rotatable bonds is 2. The van der Waals surface area contributed by atoms with Crippen LogP contribution in [0.15, 0.2) is 0 Å². The maximum absolute atomic E-state index is 12.1. The lowest BCUT2D eigenvalue weighted by atomic mass is 9.41. The molecule has 6 rings (SSSR count). The number of aliphatic hydroxyl groups is 4. The molecule has 0 amide bonds. The number of fused-ring (bicyclic) bond motifs is 2. The normalized spacial score (nSPS) is 60.9. The fourth-order valence-electron chi connectivity index (χ4n) is 12.1. The zero-order valence-corrected chi connectivity index (χ0v) is 23.1. The predicted octanol–water partition coefficient (Wildman–Crippen LogP) is 4.44. The van der Waals surface area contributed by atoms with Crippen LogP contribution in [0.5, 0.6) is 0 Å². The van der Waals surface area contributed by atoms with Crippen molar-refractivity contribution in [2.24, 2.45) is 44.8 Å². The lowest BCUT2D eigenvalue weighted by molar-refractivity contribution is -0.231. The van der Waals surface area contributed by atoms with Gasteiger partial charge in [-0.2, -0.15) is 0 Å². The molecule has 5 saturated carbocycles. The summed E-state index contributed by atoms with van der Waals surface area (Å²) in [5.74, 6) is 0.845. The predicted molar refractivity (Wildman–Crippen MR) is 134 cm³/mol. The molecule has 6 fully saturated rings. The van der Waals surface area contributed by atoms with E-state index < -0.39 is 28.8 Å². The summed E-state index contributed by atoms with van der Waals surface area (Å²) in [6.45, 7) is 14.9. The Balaban J connectivity index is 1.38. The van der Waals surface area contributed by atoms with Crippen molar-refractivity contribution in [3.8, 4) is 0 Å². The van der Waals surface area contributed by atoms with Gasteiger partial charge in [-0.25, -0.2) is 0 Å². The summed E-state index contributed by atoms with van der Waals surface area (Å²) >= 11 is 0. The minimum atomic E-state index is -0.919. The van der Waals surface area contributed by atoms with E-state index in [0.717, 1.165) is 51.4 Å². The molecule has 6 aliphatic rings. The quantitative estimate of drug-likeness (QED) is 0.460. The molecule has 0 aromatic carbocycles. The maximum Gasteiger partial charge on any atom is 0.0865 e. The molecule has 5 heteroatoms. The molecule has 1 aliphatic heterocycles. The zero-order valence-electron chi connectivity index (χ0n) is 23.1. The molecule has 35 heavy (non-hydrogen) atoms. The lowest BCUT2D eigenvalue weighted by Gasteiger charge is -2.65. The van der Waals surface area contributed by atoms with Crippen LogP contribution in [-0.2, 0) is 4.74 Å². The van der Waals surface area contributed by atoms with Crippen LogP contribution in [0.1, 0.15) is 106 Å². The van der Waals surface area contributed by atoms with Crippen molar-refractivity contribution >= 4 is 0 Å². The van der Waals surface area contributed by atoms with Gasteiger partial charge in [0.25, 0.3) is 0 Å². The molecule has 1 heterocycles. The summed E-state index contributed by atoms with van der Waals surface area (Å²) in [7, 11) is 0. The zero-order chi connectivity index (χ0) is 25.6. The second-order valence-electron chi connectivity index (χ2n) is 15.8. The van der Waals surface area contributed by atoms with Crippen molar-refractivity contribution in [3.05, 3.63) is 0 Å². The molecule has 2 spiro atoms. The molecule has 5 aliphatic carbocycles. The number of hydrogen-bond donors (Lipinski definition) is 4. The molecule has 12 atom stereocenters. The Morgan fingerprint density at radius 1 is 0.771 bits per heavy atom. The summed E-state index contributed by atoms with van der Waals surface area (Å²) in [5, 5.41) is 45.4. The van der Waals surface area contributed by atoms with E-state index in [1.807, 2.05) is 13.8 Å². The third-order valence-corrected chi connectivity index (χ3v) is 13.9. The fourth-order valence-corrected chi connectivity index (χ4v) is 12.1. The van der Waals surface area contributed by atoms with E-state index in [9.17, 15) is 20.4 Å². The van der Waals surface area contributed by atoms with Gasteiger partial charge < -0.3 is 25.2 Å². The Kier molecular flexibility index (Phi) is 4.92. The highest BCUT2D eigenvalue weighted by Crippen LogP contribution is 2.89. The first-order chi connectivity index (χ1) is 16.0. The Morgan fingerprint density at radius 2 is 1.43 bits per heavy atom. The Hall–Kier alpha value is -0.200. The first-order valence-electron chi connectivity index (χ1n) is 14.4. The summed E-state index contributed by atoms with van der Waals surface area (Å²) in [5.41, 5.74) is -1.77. The van der Waals surface area contributed by atoms with E-state index in [2.05, 4.69) is 34.6 Å². The van der Waals surface area contributed by atoms with Crippen molar-refractivity contribution in [1.29, 1.82) is 0 Å². The molecule has 0 aromatic rings. The molecule has 5 nitrogen and oxygen atoms in total. The molecule has 0 bridgehead atoms. The van der Waals surface area contributed by atoms with Crippen LogP contribution in [0.4, 0.5) is 0 Å². The Labute approximate surface area is 212 Å². The van der Waals surface area contributed by atoms with Crippen molar-refractivity contribution in [2.75, 3.05) is 0 Å². The SMILES string of the molecule is CC(C)(O)C1CCC(C)(C2C(O)CC3(C)C4CCC5C(C)(C)C(O)CCC56CC46CC(O)C23C)O1. The lowest BCUT2D eigenvalue weighted by Crippen LogP contribution is -2.64. The van der Waals surface area contributed by atoms with Gasteiger partial charge in [0.2, 0.25) is 0 Å². The molecule has 1 saturated heterocycles. The molecular formula is C30H50O5. The number of hydrogen-bond acceptors (Lipinski definition) is 5. The minimum absolute atomic E-state index is 0.0751. The second kappa shape index (κ2) is 6.86. The molecular weight excluding hydrogens is 440 g/mol. The van der Waals surface area contributed by atoms with E-state index in [4.69, 9.17) is 4.74 Å². The van der Waals surface area contributed by atoms with Gasteiger partial charge in [0, 0.05) is 11.3 Å². The van der Waals surface area contributed by atoms with E-state index in [1.165, 1.54) is 6.42 Å². The van der Waals surface area contributed by atoms with Gasteiger partial charge in [-0.3, -0.25) is 0 Å². The molecule has 12 unspecified atom stereocenters. The Bertz CT molecular complexity index is 911. The van der Waals surface area contributed by atoms with Crippen molar-refractivity contribution < 1.29 is 25.2 Å². The summed E-state index contributed by atoms with van der Waals surface area (Å²) in [6, 6.07) is 0. The van der Waals surface area contributed by atoms with Crippen LogP contribution in [0.25, 0.3) is 0 Å². The van der Waals surface area contributed by atoms with E-state index in [0.29, 0.717) is 11.8 Å². The highest BCUT2D eigenvalue weighted by molar-refractivity contribution is 5.33. The van der Waals surface area contributed by atoms with Crippen LogP contribution >= 0.6 is 0 Å². The first kappa shape index (κ1) is 25.1. The van der Waals surface area contributed by atoms with Gasteiger partial charge in [-0.05, 0) is 112 Å². The molecule has 4 N–H and O–H groups in total. The Morgan fingerprint density at radius 3 is 2.06 bits per heavy atom. The van der Waals surface area contributed by atoms with Gasteiger partial charge in [0.15, 0.2) is 0 Å². The third kappa shape index (κ3) is 2.73. The van der Waals surface area contributed by atoms with Crippen LogP contribution in [0.3, 0.4) is 0 Å². The standard InChI is InChI=1S/C30H50O5/c1-24(2)18-8-9-19-26(5)14-17(31)23(27(6)12-11-22(35-27)25(3,4)34)28(26,7)21(33)15-30(19)16-29(18,30)13-10-20(24)32/h17-23,31-34H,8-16H2,1-7H3. The van der Waals surface area contributed by atoms with Gasteiger partial charge in [0.1, 0.15) is 0 Å². The third-order valence-electron chi connectivity index (χ3n) is 13.9. The van der Waals surface area contributed by atoms with E-state index in [1.54, 1.807) is 0 Å². The highest BCUT2D eigenvalue weighted by atomic mass is 16.5. The van der Waals surface area contributed by atoms with E-state index in [-0.39, 0.29) is 39.8 Å². The smallest absolute Gasteiger partial charge is 0.0865 e. The minimum Gasteiger partial charge on any atom is -0.393 e. The van der Waals surface area contributed by atoms with Crippen molar-refractivity contribution in [2.45, 2.75) is 142 Å². The van der Waals surface area contributed by atoms with Gasteiger partial charge in [0.05, 0.1) is 35.6 Å². The monoisotopic (exact) mass is 490 g/mol. The van der Waals surface area contributed by atoms with Crippen molar-refractivity contribution in [3.63, 3.8) is 0 Å². The first-order valence-corrected chi connectivity index (χ1v) is 14.4. The summed E-state index contributed by atoms with van der Waals surface area (Å²) in [4.78, 5) is 0. The average molecular weight is 491 g/mol. The fraction of sp³-hybridized carbons (Fsp3) is 1.00. The number of aliphatic hydroxyl groups excluding tert-OH is 3. The topological polar surface area (TPSA) is 90.2 Å². The van der Waals surface area contributed by atoms with Crippen LogP contribution < -0.4 is 0 Å². The second-order valence-corrected chi connectivity index (χ2v) is 15.8. The average Bonchev–Trinajstić information content (AvgIpc) is 3.09. The molecule has 0 radical (unpaired) electrons. The van der Waals surface area contributed by atoms with Gasteiger partial charge in [-0.1, -0.05) is 27.7 Å². The van der Waals surface area contributed by atoms with Gasteiger partial charge in [-0.15, -0.1) is 0 Å². The van der Waals surface area contributed by atoms with Crippen LogP contribution in [-0.4, -0.2) is 56.0 Å². The molecule has 200 valence electrons. The van der Waals surface area contributed by atoms with Crippen molar-refractivity contribution in [1.82, 2.24) is 0 Å². The molecule has 0 aromatic heterocycles. The number of ether oxygens (including phenoxy) is 1. The summed E-state index contributed by atoms with van der Waals surface area (Å²) < 4.78 is 6.62. The van der Waals surface area contributed by atoms with Crippen LogP contribution in [0.2, 0.25) is 0 Å². The van der Waals surface area contributed by atoms with E-state index >= 15 is 0 Å². The largest absolute Gasteiger partial charge is 0.393 e. The highest BCUT2D eigenvalue weighted by Gasteiger charge is 2.85. The summed E-state index contributed by atoms with van der Waals surface area (Å²) in [6.07, 6.45) is 7.05. The maximum atomic E-state index is 12.1. The van der Waals surface area contributed by atoms with Crippen LogP contribution in [0, 0.1) is 44.8 Å². The van der Waals surface area contributed by atoms with Gasteiger partial charge >= 0.3 is 0 Å².